The summed E-state index contributed by atoms with van der Waals surface area (Å²) in [7, 11) is 1.79. The van der Waals surface area contributed by atoms with Crippen molar-refractivity contribution in [3.05, 3.63) is 41.9 Å². The van der Waals surface area contributed by atoms with Crippen molar-refractivity contribution in [2.45, 2.75) is 19.0 Å². The minimum Gasteiger partial charge on any atom is -0.369 e. The molecular formula is C16H22ClN7. The molecule has 0 aliphatic carbocycles. The summed E-state index contributed by atoms with van der Waals surface area (Å²) in [6, 6.07) is 8.36. The van der Waals surface area contributed by atoms with Crippen molar-refractivity contribution in [3.63, 3.8) is 0 Å². The quantitative estimate of drug-likeness (QED) is 0.631. The van der Waals surface area contributed by atoms with Crippen LogP contribution >= 0.6 is 11.6 Å². The maximum atomic E-state index is 6.08. The van der Waals surface area contributed by atoms with E-state index in [9.17, 15) is 0 Å². The van der Waals surface area contributed by atoms with Gasteiger partial charge in [0.05, 0.1) is 6.54 Å². The largest absolute Gasteiger partial charge is 0.369 e. The van der Waals surface area contributed by atoms with Crippen molar-refractivity contribution in [1.29, 1.82) is 0 Å². The molecule has 1 aromatic heterocycles. The summed E-state index contributed by atoms with van der Waals surface area (Å²) >= 11 is 6.08. The van der Waals surface area contributed by atoms with Crippen LogP contribution in [0.2, 0.25) is 5.02 Å². The Kier molecular flexibility index (Phi) is 5.53. The number of halogens is 1. The fourth-order valence-electron chi connectivity index (χ4n) is 2.81. The SMILES string of the molecule is CN=C(NCCn1cncn1)NC1CCN(c2cccc(Cl)c2)C1. The molecule has 3 rings (SSSR count). The van der Waals surface area contributed by atoms with Crippen LogP contribution in [0, 0.1) is 0 Å². The van der Waals surface area contributed by atoms with Gasteiger partial charge in [-0.1, -0.05) is 17.7 Å². The fourth-order valence-corrected chi connectivity index (χ4v) is 2.99. The zero-order chi connectivity index (χ0) is 16.8. The highest BCUT2D eigenvalue weighted by molar-refractivity contribution is 6.30. The number of nitrogens with zero attached hydrogens (tertiary/aromatic N) is 5. The summed E-state index contributed by atoms with van der Waals surface area (Å²) in [6.45, 7) is 3.44. The Morgan fingerprint density at radius 3 is 3.12 bits per heavy atom. The second-order valence-electron chi connectivity index (χ2n) is 5.71. The molecule has 0 radical (unpaired) electrons. The van der Waals surface area contributed by atoms with Crippen LogP contribution in [0.1, 0.15) is 6.42 Å². The first-order chi connectivity index (χ1) is 11.7. The molecule has 2 aromatic rings. The van der Waals surface area contributed by atoms with Crippen LogP contribution < -0.4 is 15.5 Å². The van der Waals surface area contributed by atoms with Crippen LogP contribution in [0.4, 0.5) is 5.69 Å². The molecule has 1 atom stereocenters. The number of aromatic nitrogens is 3. The topological polar surface area (TPSA) is 70.4 Å². The number of hydrogen-bond acceptors (Lipinski definition) is 4. The molecule has 1 aromatic carbocycles. The van der Waals surface area contributed by atoms with Gasteiger partial charge in [-0.15, -0.1) is 0 Å². The van der Waals surface area contributed by atoms with Gasteiger partial charge in [0.2, 0.25) is 0 Å². The summed E-state index contributed by atoms with van der Waals surface area (Å²) in [4.78, 5) is 10.6. The summed E-state index contributed by atoms with van der Waals surface area (Å²) < 4.78 is 1.79. The fraction of sp³-hybridized carbons (Fsp3) is 0.438. The van der Waals surface area contributed by atoms with E-state index in [-0.39, 0.29) is 0 Å². The highest BCUT2D eigenvalue weighted by Gasteiger charge is 2.23. The number of aliphatic imine (C=N–C) groups is 1. The molecule has 2 heterocycles. The average molecular weight is 348 g/mol. The number of rotatable bonds is 5. The minimum atomic E-state index is 0.363. The third-order valence-electron chi connectivity index (χ3n) is 4.03. The molecule has 1 aliphatic heterocycles. The van der Waals surface area contributed by atoms with Gasteiger partial charge < -0.3 is 15.5 Å². The van der Waals surface area contributed by atoms with Crippen molar-refractivity contribution in [1.82, 2.24) is 25.4 Å². The Balaban J connectivity index is 1.46. The molecular weight excluding hydrogens is 326 g/mol. The maximum absolute atomic E-state index is 6.08. The molecule has 1 fully saturated rings. The van der Waals surface area contributed by atoms with Crippen LogP contribution in [0.3, 0.4) is 0 Å². The van der Waals surface area contributed by atoms with Gasteiger partial charge in [0.1, 0.15) is 12.7 Å². The monoisotopic (exact) mass is 347 g/mol. The first-order valence-corrected chi connectivity index (χ1v) is 8.42. The van der Waals surface area contributed by atoms with E-state index in [1.54, 1.807) is 18.1 Å². The van der Waals surface area contributed by atoms with E-state index in [1.165, 1.54) is 12.0 Å². The third kappa shape index (κ3) is 4.38. The van der Waals surface area contributed by atoms with Crippen molar-refractivity contribution >= 4 is 23.2 Å². The number of nitrogens with one attached hydrogen (secondary N) is 2. The molecule has 7 nitrogen and oxygen atoms in total. The predicted octanol–water partition coefficient (Wildman–Crippen LogP) is 1.38. The summed E-state index contributed by atoms with van der Waals surface area (Å²) in [6.07, 6.45) is 4.31. The Bertz CT molecular complexity index is 671. The lowest BCUT2D eigenvalue weighted by Gasteiger charge is -2.20. The lowest BCUT2D eigenvalue weighted by molar-refractivity contribution is 0.586. The van der Waals surface area contributed by atoms with Crippen LogP contribution in [0.15, 0.2) is 41.9 Å². The van der Waals surface area contributed by atoms with Gasteiger partial charge in [0, 0.05) is 43.4 Å². The molecule has 128 valence electrons. The highest BCUT2D eigenvalue weighted by atomic mass is 35.5. The van der Waals surface area contributed by atoms with Gasteiger partial charge in [0.25, 0.3) is 0 Å². The molecule has 0 amide bonds. The highest BCUT2D eigenvalue weighted by Crippen LogP contribution is 2.23. The summed E-state index contributed by atoms with van der Waals surface area (Å²) in [5.74, 6) is 0.813. The standard InChI is InChI=1S/C16H22ClN7/c1-18-16(20-6-8-24-12-19-11-21-24)22-14-5-7-23(10-14)15-4-2-3-13(17)9-15/h2-4,9,11-12,14H,5-8,10H2,1H3,(H2,18,20,22). The molecule has 0 spiro atoms. The van der Waals surface area contributed by atoms with Crippen molar-refractivity contribution in [2.75, 3.05) is 31.6 Å². The first kappa shape index (κ1) is 16.6. The van der Waals surface area contributed by atoms with Gasteiger partial charge in [-0.2, -0.15) is 5.10 Å². The molecule has 24 heavy (non-hydrogen) atoms. The van der Waals surface area contributed by atoms with Gasteiger partial charge in [-0.05, 0) is 24.6 Å². The summed E-state index contributed by atoms with van der Waals surface area (Å²) in [5.41, 5.74) is 1.17. The second kappa shape index (κ2) is 8.01. The van der Waals surface area contributed by atoms with Crippen LogP contribution in [0.25, 0.3) is 0 Å². The van der Waals surface area contributed by atoms with Gasteiger partial charge >= 0.3 is 0 Å². The van der Waals surface area contributed by atoms with E-state index >= 15 is 0 Å². The molecule has 2 N–H and O–H groups in total. The Labute approximate surface area is 146 Å². The zero-order valence-corrected chi connectivity index (χ0v) is 14.4. The summed E-state index contributed by atoms with van der Waals surface area (Å²) in [5, 5.41) is 11.6. The lowest BCUT2D eigenvalue weighted by atomic mass is 10.3. The number of benzene rings is 1. The molecule has 8 heteroatoms. The average Bonchev–Trinajstić information content (AvgIpc) is 3.25. The molecule has 0 bridgehead atoms. The van der Waals surface area contributed by atoms with E-state index in [4.69, 9.17) is 11.6 Å². The van der Waals surface area contributed by atoms with E-state index in [0.717, 1.165) is 43.6 Å². The lowest BCUT2D eigenvalue weighted by Crippen LogP contribution is -2.45. The van der Waals surface area contributed by atoms with Crippen LogP contribution in [0.5, 0.6) is 0 Å². The molecule has 1 saturated heterocycles. The van der Waals surface area contributed by atoms with Crippen molar-refractivity contribution in [3.8, 4) is 0 Å². The van der Waals surface area contributed by atoms with Gasteiger partial charge in [0.15, 0.2) is 5.96 Å². The van der Waals surface area contributed by atoms with Crippen molar-refractivity contribution < 1.29 is 0 Å². The molecule has 1 unspecified atom stereocenters. The Morgan fingerprint density at radius 2 is 2.38 bits per heavy atom. The third-order valence-corrected chi connectivity index (χ3v) is 4.26. The zero-order valence-electron chi connectivity index (χ0n) is 13.7. The van der Waals surface area contributed by atoms with Crippen LogP contribution in [-0.2, 0) is 6.54 Å². The number of hydrogen-bond donors (Lipinski definition) is 2. The Hall–Kier alpha value is -2.28. The maximum Gasteiger partial charge on any atom is 0.191 e. The normalized spacial score (nSPS) is 18.0. The van der Waals surface area contributed by atoms with Gasteiger partial charge in [-0.3, -0.25) is 9.67 Å². The second-order valence-corrected chi connectivity index (χ2v) is 6.15. The Morgan fingerprint density at radius 1 is 1.46 bits per heavy atom. The predicted molar refractivity (Wildman–Crippen MR) is 96.6 cm³/mol. The molecule has 1 aliphatic rings. The number of guanidine groups is 1. The first-order valence-electron chi connectivity index (χ1n) is 8.04. The molecule has 0 saturated carbocycles. The van der Waals surface area contributed by atoms with E-state index in [2.05, 4.69) is 36.7 Å². The van der Waals surface area contributed by atoms with Crippen LogP contribution in [-0.4, -0.2) is 53.4 Å². The minimum absolute atomic E-state index is 0.363. The van der Waals surface area contributed by atoms with Crippen molar-refractivity contribution in [2.24, 2.45) is 4.99 Å². The van der Waals surface area contributed by atoms with E-state index < -0.39 is 0 Å². The van der Waals surface area contributed by atoms with Gasteiger partial charge in [-0.25, -0.2) is 4.98 Å². The number of anilines is 1. The van der Waals surface area contributed by atoms with E-state index in [0.29, 0.717) is 6.04 Å². The smallest absolute Gasteiger partial charge is 0.191 e. The van der Waals surface area contributed by atoms with E-state index in [1.807, 2.05) is 18.2 Å².